The van der Waals surface area contributed by atoms with Gasteiger partial charge in [-0.15, -0.1) is 0 Å². The number of hydrogen-bond acceptors (Lipinski definition) is 6. The first kappa shape index (κ1) is 22.5. The standard InChI is InChI=1S/C22H23FN4O3S/c1-3-25(4-2)14-15-26(22-24-21-18(23)6-5-7-19(21)31-22)20(28)13-10-16-8-11-17(12-9-16)27(29)30/h5-13H,3-4,14-15H2,1-2H3/b13-10-. The van der Waals surface area contributed by atoms with Gasteiger partial charge in [-0.1, -0.05) is 31.3 Å². The summed E-state index contributed by atoms with van der Waals surface area (Å²) in [6, 6.07) is 10.7. The lowest BCUT2D eigenvalue weighted by Gasteiger charge is -2.23. The number of anilines is 1. The van der Waals surface area contributed by atoms with Crippen LogP contribution in [0.3, 0.4) is 0 Å². The average Bonchev–Trinajstić information content (AvgIpc) is 3.21. The van der Waals surface area contributed by atoms with Gasteiger partial charge in [0.1, 0.15) is 11.3 Å². The quantitative estimate of drug-likeness (QED) is 0.272. The summed E-state index contributed by atoms with van der Waals surface area (Å²) in [5.41, 5.74) is 0.904. The van der Waals surface area contributed by atoms with Crippen LogP contribution in [0.4, 0.5) is 15.2 Å². The molecule has 31 heavy (non-hydrogen) atoms. The van der Waals surface area contributed by atoms with Crippen LogP contribution in [0.1, 0.15) is 19.4 Å². The second-order valence-corrected chi connectivity index (χ2v) is 7.79. The number of amides is 1. The molecular formula is C22H23FN4O3S. The van der Waals surface area contributed by atoms with E-state index in [9.17, 15) is 19.3 Å². The number of halogens is 1. The lowest BCUT2D eigenvalue weighted by Crippen LogP contribution is -2.38. The molecule has 0 bridgehead atoms. The van der Waals surface area contributed by atoms with Gasteiger partial charge in [0.15, 0.2) is 5.13 Å². The Balaban J connectivity index is 1.86. The van der Waals surface area contributed by atoms with Crippen LogP contribution in [0.2, 0.25) is 0 Å². The summed E-state index contributed by atoms with van der Waals surface area (Å²) >= 11 is 1.27. The van der Waals surface area contributed by atoms with E-state index >= 15 is 0 Å². The molecule has 0 aliphatic rings. The number of carbonyl (C=O) groups excluding carboxylic acids is 1. The number of thiazole rings is 1. The molecule has 0 fully saturated rings. The second kappa shape index (κ2) is 10.2. The van der Waals surface area contributed by atoms with Crippen LogP contribution in [0.15, 0.2) is 48.5 Å². The van der Waals surface area contributed by atoms with Crippen molar-refractivity contribution in [3.05, 3.63) is 70.0 Å². The number of rotatable bonds is 9. The molecule has 0 N–H and O–H groups in total. The van der Waals surface area contributed by atoms with E-state index < -0.39 is 10.7 Å². The van der Waals surface area contributed by atoms with Crippen molar-refractivity contribution in [2.45, 2.75) is 13.8 Å². The van der Waals surface area contributed by atoms with Crippen LogP contribution in [0, 0.1) is 15.9 Å². The summed E-state index contributed by atoms with van der Waals surface area (Å²) in [7, 11) is 0. The maximum Gasteiger partial charge on any atom is 0.269 e. The van der Waals surface area contributed by atoms with E-state index in [1.165, 1.54) is 35.6 Å². The molecule has 7 nitrogen and oxygen atoms in total. The third-order valence-corrected chi connectivity index (χ3v) is 5.96. The normalized spacial score (nSPS) is 11.5. The lowest BCUT2D eigenvalue weighted by atomic mass is 10.2. The van der Waals surface area contributed by atoms with E-state index in [1.54, 1.807) is 35.2 Å². The molecule has 0 saturated heterocycles. The molecule has 0 aliphatic carbocycles. The summed E-state index contributed by atoms with van der Waals surface area (Å²) in [6.45, 7) is 6.88. The van der Waals surface area contributed by atoms with Gasteiger partial charge in [0, 0.05) is 31.3 Å². The number of carbonyl (C=O) groups is 1. The van der Waals surface area contributed by atoms with Crippen molar-refractivity contribution >= 4 is 44.4 Å². The molecule has 2 aromatic carbocycles. The van der Waals surface area contributed by atoms with Crippen LogP contribution in [0.5, 0.6) is 0 Å². The van der Waals surface area contributed by atoms with E-state index in [4.69, 9.17) is 0 Å². The van der Waals surface area contributed by atoms with Gasteiger partial charge in [0.05, 0.1) is 9.62 Å². The Morgan fingerprint density at radius 3 is 2.48 bits per heavy atom. The van der Waals surface area contributed by atoms with Crippen molar-refractivity contribution in [2.75, 3.05) is 31.1 Å². The van der Waals surface area contributed by atoms with Crippen molar-refractivity contribution in [2.24, 2.45) is 0 Å². The lowest BCUT2D eigenvalue weighted by molar-refractivity contribution is -0.384. The number of aromatic nitrogens is 1. The summed E-state index contributed by atoms with van der Waals surface area (Å²) in [6.07, 6.45) is 3.01. The molecular weight excluding hydrogens is 419 g/mol. The Morgan fingerprint density at radius 2 is 1.87 bits per heavy atom. The highest BCUT2D eigenvalue weighted by atomic mass is 32.1. The fourth-order valence-corrected chi connectivity index (χ4v) is 4.08. The highest BCUT2D eigenvalue weighted by Crippen LogP contribution is 2.30. The van der Waals surface area contributed by atoms with Gasteiger partial charge in [-0.05, 0) is 49.0 Å². The van der Waals surface area contributed by atoms with Gasteiger partial charge in [0.2, 0.25) is 0 Å². The molecule has 1 aromatic heterocycles. The van der Waals surface area contributed by atoms with Crippen molar-refractivity contribution in [1.82, 2.24) is 9.88 Å². The van der Waals surface area contributed by atoms with Crippen molar-refractivity contribution in [3.63, 3.8) is 0 Å². The number of hydrogen-bond donors (Lipinski definition) is 0. The van der Waals surface area contributed by atoms with E-state index in [-0.39, 0.29) is 17.1 Å². The van der Waals surface area contributed by atoms with Gasteiger partial charge in [0.25, 0.3) is 11.6 Å². The van der Waals surface area contributed by atoms with Crippen molar-refractivity contribution < 1.29 is 14.1 Å². The number of nitro groups is 1. The number of nitro benzene ring substituents is 1. The van der Waals surface area contributed by atoms with Crippen LogP contribution in [-0.4, -0.2) is 46.9 Å². The Labute approximate surface area is 183 Å². The predicted molar refractivity (Wildman–Crippen MR) is 122 cm³/mol. The van der Waals surface area contributed by atoms with Crippen LogP contribution in [-0.2, 0) is 4.79 Å². The fraction of sp³-hybridized carbons (Fsp3) is 0.273. The van der Waals surface area contributed by atoms with Gasteiger partial charge in [-0.2, -0.15) is 0 Å². The Morgan fingerprint density at radius 1 is 1.16 bits per heavy atom. The van der Waals surface area contributed by atoms with Gasteiger partial charge >= 0.3 is 0 Å². The summed E-state index contributed by atoms with van der Waals surface area (Å²) in [4.78, 5) is 31.5. The molecule has 3 aromatic rings. The first-order chi connectivity index (χ1) is 14.9. The zero-order valence-electron chi connectivity index (χ0n) is 17.3. The van der Waals surface area contributed by atoms with E-state index in [0.717, 1.165) is 13.1 Å². The van der Waals surface area contributed by atoms with E-state index in [0.29, 0.717) is 28.5 Å². The van der Waals surface area contributed by atoms with Gasteiger partial charge in [-0.3, -0.25) is 19.8 Å². The second-order valence-electron chi connectivity index (χ2n) is 6.78. The van der Waals surface area contributed by atoms with E-state index in [2.05, 4.69) is 23.7 Å². The minimum atomic E-state index is -0.472. The molecule has 0 aliphatic heterocycles. The zero-order chi connectivity index (χ0) is 22.4. The number of nitrogens with zero attached hydrogens (tertiary/aromatic N) is 4. The number of non-ortho nitro benzene ring substituents is 1. The Kier molecular flexibility index (Phi) is 7.43. The number of fused-ring (bicyclic) bond motifs is 1. The Bertz CT molecular complexity index is 1090. The molecule has 3 rings (SSSR count). The molecule has 162 valence electrons. The third-order valence-electron chi connectivity index (χ3n) is 4.91. The maximum absolute atomic E-state index is 14.1. The molecule has 0 spiro atoms. The highest BCUT2D eigenvalue weighted by Gasteiger charge is 2.19. The number of likely N-dealkylation sites (N-methyl/N-ethyl adjacent to an activating group) is 1. The summed E-state index contributed by atoms with van der Waals surface area (Å²) < 4.78 is 14.8. The van der Waals surface area contributed by atoms with Crippen molar-refractivity contribution in [3.8, 4) is 0 Å². The van der Waals surface area contributed by atoms with Crippen molar-refractivity contribution in [1.29, 1.82) is 0 Å². The molecule has 9 heteroatoms. The van der Waals surface area contributed by atoms with Gasteiger partial charge in [-0.25, -0.2) is 9.37 Å². The molecule has 0 atom stereocenters. The zero-order valence-corrected chi connectivity index (χ0v) is 18.1. The first-order valence-electron chi connectivity index (χ1n) is 9.94. The molecule has 0 radical (unpaired) electrons. The molecule has 1 amide bonds. The molecule has 0 saturated carbocycles. The fourth-order valence-electron chi connectivity index (χ4n) is 3.06. The van der Waals surface area contributed by atoms with Crippen LogP contribution in [0.25, 0.3) is 16.3 Å². The van der Waals surface area contributed by atoms with Gasteiger partial charge < -0.3 is 4.90 Å². The minimum Gasteiger partial charge on any atom is -0.302 e. The molecule has 1 heterocycles. The number of para-hydroxylation sites is 1. The molecule has 0 unspecified atom stereocenters. The average molecular weight is 443 g/mol. The highest BCUT2D eigenvalue weighted by molar-refractivity contribution is 7.22. The third kappa shape index (κ3) is 5.50. The minimum absolute atomic E-state index is 0.0131. The SMILES string of the molecule is CCN(CC)CCN(C(=O)/C=C\c1ccc([N+](=O)[O-])cc1)c1nc2c(F)cccc2s1. The largest absolute Gasteiger partial charge is 0.302 e. The maximum atomic E-state index is 14.1. The van der Waals surface area contributed by atoms with E-state index in [1.807, 2.05) is 0 Å². The Hall–Kier alpha value is -3.17. The van der Waals surface area contributed by atoms with Crippen LogP contribution >= 0.6 is 11.3 Å². The first-order valence-corrected chi connectivity index (χ1v) is 10.8. The summed E-state index contributed by atoms with van der Waals surface area (Å²) in [5, 5.41) is 11.2. The summed E-state index contributed by atoms with van der Waals surface area (Å²) in [5.74, 6) is -0.706. The monoisotopic (exact) mass is 442 g/mol. The van der Waals surface area contributed by atoms with Crippen LogP contribution < -0.4 is 4.90 Å². The smallest absolute Gasteiger partial charge is 0.269 e. The number of benzene rings is 2. The predicted octanol–water partition coefficient (Wildman–Crippen LogP) is 4.73. The topological polar surface area (TPSA) is 79.6 Å².